The van der Waals surface area contributed by atoms with Crippen molar-refractivity contribution in [2.45, 2.75) is 24.8 Å². The standard InChI is InChI=1S/C23H26N2O5S/c1-14(2)20(26)18-19(17-6-5-11-24-22(17)30-13-12-29-3)25(23(28)21(18)27)15-7-9-16(31-4)10-8-15/h5-11,14,19,27H,12-13H2,1-4H3. The van der Waals surface area contributed by atoms with Crippen LogP contribution in [0.1, 0.15) is 25.5 Å². The number of aliphatic hydroxyl groups is 1. The number of aliphatic hydroxyl groups excluding tert-OH is 1. The first-order valence-electron chi connectivity index (χ1n) is 9.92. The molecule has 3 rings (SSSR count). The molecule has 1 amide bonds. The highest BCUT2D eigenvalue weighted by atomic mass is 32.2. The molecular weight excluding hydrogens is 416 g/mol. The lowest BCUT2D eigenvalue weighted by molar-refractivity contribution is -0.119. The van der Waals surface area contributed by atoms with Gasteiger partial charge < -0.3 is 14.6 Å². The van der Waals surface area contributed by atoms with Gasteiger partial charge in [-0.2, -0.15) is 0 Å². The second-order valence-corrected chi connectivity index (χ2v) is 8.18. The molecular formula is C23H26N2O5S. The van der Waals surface area contributed by atoms with E-state index in [-0.39, 0.29) is 23.8 Å². The summed E-state index contributed by atoms with van der Waals surface area (Å²) in [6.45, 7) is 4.09. The predicted octanol–water partition coefficient (Wildman–Crippen LogP) is 3.95. The van der Waals surface area contributed by atoms with E-state index in [0.29, 0.717) is 17.9 Å². The monoisotopic (exact) mass is 442 g/mol. The number of benzene rings is 1. The first-order valence-corrected chi connectivity index (χ1v) is 11.1. The molecule has 0 aliphatic carbocycles. The van der Waals surface area contributed by atoms with Crippen LogP contribution < -0.4 is 9.64 Å². The van der Waals surface area contributed by atoms with Gasteiger partial charge in [0.25, 0.3) is 5.91 Å². The van der Waals surface area contributed by atoms with Gasteiger partial charge in [-0.15, -0.1) is 11.8 Å². The molecule has 1 atom stereocenters. The Morgan fingerprint density at radius 3 is 2.55 bits per heavy atom. The molecule has 0 radical (unpaired) electrons. The summed E-state index contributed by atoms with van der Waals surface area (Å²) in [5.74, 6) is -1.58. The number of carbonyl (C=O) groups is 2. The molecule has 1 unspecified atom stereocenters. The number of amides is 1. The number of anilines is 1. The Balaban J connectivity index is 2.14. The van der Waals surface area contributed by atoms with Crippen LogP contribution in [0.3, 0.4) is 0 Å². The molecule has 0 saturated heterocycles. The second-order valence-electron chi connectivity index (χ2n) is 7.30. The van der Waals surface area contributed by atoms with Crippen molar-refractivity contribution in [2.75, 3.05) is 31.5 Å². The van der Waals surface area contributed by atoms with Crippen molar-refractivity contribution in [3.8, 4) is 5.88 Å². The Morgan fingerprint density at radius 2 is 1.94 bits per heavy atom. The Bertz CT molecular complexity index is 988. The van der Waals surface area contributed by atoms with Crippen LogP contribution in [0.5, 0.6) is 5.88 Å². The number of ketones is 1. The summed E-state index contributed by atoms with van der Waals surface area (Å²) in [5.41, 5.74) is 1.14. The van der Waals surface area contributed by atoms with Crippen LogP contribution in [0.4, 0.5) is 5.69 Å². The SMILES string of the molecule is COCCOc1ncccc1C1C(C(=O)C(C)C)=C(O)C(=O)N1c1ccc(SC)cc1. The molecule has 1 aliphatic rings. The fourth-order valence-corrected chi connectivity index (χ4v) is 3.83. The topological polar surface area (TPSA) is 89.0 Å². The van der Waals surface area contributed by atoms with E-state index in [9.17, 15) is 14.7 Å². The first-order chi connectivity index (χ1) is 14.9. The Morgan fingerprint density at radius 1 is 1.23 bits per heavy atom. The zero-order chi connectivity index (χ0) is 22.5. The fraction of sp³-hybridized carbons (Fsp3) is 0.348. The number of methoxy groups -OCH3 is 1. The largest absolute Gasteiger partial charge is 0.503 e. The fourth-order valence-electron chi connectivity index (χ4n) is 3.42. The summed E-state index contributed by atoms with van der Waals surface area (Å²) in [4.78, 5) is 33.0. The maximum absolute atomic E-state index is 13.1. The number of nitrogens with zero attached hydrogens (tertiary/aromatic N) is 2. The summed E-state index contributed by atoms with van der Waals surface area (Å²) in [6.07, 6.45) is 3.54. The minimum atomic E-state index is -0.853. The minimum Gasteiger partial charge on any atom is -0.503 e. The third-order valence-electron chi connectivity index (χ3n) is 4.97. The summed E-state index contributed by atoms with van der Waals surface area (Å²) < 4.78 is 10.8. The number of pyridine rings is 1. The molecule has 1 aromatic heterocycles. The number of aromatic nitrogens is 1. The molecule has 164 valence electrons. The van der Waals surface area contributed by atoms with Crippen LogP contribution in [0.15, 0.2) is 58.8 Å². The first kappa shape index (κ1) is 22.8. The molecule has 31 heavy (non-hydrogen) atoms. The van der Waals surface area contributed by atoms with Crippen molar-refractivity contribution in [1.82, 2.24) is 4.98 Å². The zero-order valence-electron chi connectivity index (χ0n) is 18.0. The lowest BCUT2D eigenvalue weighted by Crippen LogP contribution is -2.32. The van der Waals surface area contributed by atoms with Crippen molar-refractivity contribution in [3.63, 3.8) is 0 Å². The Kier molecular flexibility index (Phi) is 7.35. The molecule has 8 heteroatoms. The van der Waals surface area contributed by atoms with E-state index in [1.54, 1.807) is 63.2 Å². The third-order valence-corrected chi connectivity index (χ3v) is 5.71. The van der Waals surface area contributed by atoms with Crippen LogP contribution in [0, 0.1) is 5.92 Å². The van der Waals surface area contributed by atoms with Crippen LogP contribution >= 0.6 is 11.8 Å². The van der Waals surface area contributed by atoms with E-state index in [0.717, 1.165) is 4.90 Å². The normalized spacial score (nSPS) is 16.4. The number of Topliss-reactive ketones (excluding diaryl/α,β-unsaturated/α-hetero) is 1. The number of ether oxygens (including phenoxy) is 2. The minimum absolute atomic E-state index is 0.0542. The maximum Gasteiger partial charge on any atom is 0.294 e. The van der Waals surface area contributed by atoms with Crippen molar-refractivity contribution in [3.05, 3.63) is 59.5 Å². The molecule has 0 spiro atoms. The highest BCUT2D eigenvalue weighted by Crippen LogP contribution is 2.44. The highest BCUT2D eigenvalue weighted by molar-refractivity contribution is 7.98. The molecule has 7 nitrogen and oxygen atoms in total. The van der Waals surface area contributed by atoms with E-state index in [1.807, 2.05) is 18.4 Å². The number of hydrogen-bond acceptors (Lipinski definition) is 7. The number of thioether (sulfide) groups is 1. The van der Waals surface area contributed by atoms with Crippen LogP contribution in [-0.2, 0) is 14.3 Å². The maximum atomic E-state index is 13.1. The lowest BCUT2D eigenvalue weighted by Gasteiger charge is -2.28. The molecule has 1 aromatic carbocycles. The van der Waals surface area contributed by atoms with Gasteiger partial charge in [0.15, 0.2) is 11.5 Å². The highest BCUT2D eigenvalue weighted by Gasteiger charge is 2.46. The quantitative estimate of drug-likeness (QED) is 0.464. The summed E-state index contributed by atoms with van der Waals surface area (Å²) in [5, 5.41) is 10.7. The van der Waals surface area contributed by atoms with Gasteiger partial charge in [0.2, 0.25) is 5.88 Å². The van der Waals surface area contributed by atoms with Gasteiger partial charge in [0.1, 0.15) is 12.6 Å². The van der Waals surface area contributed by atoms with E-state index < -0.39 is 23.6 Å². The predicted molar refractivity (Wildman–Crippen MR) is 120 cm³/mol. The average molecular weight is 443 g/mol. The Labute approximate surface area is 186 Å². The van der Waals surface area contributed by atoms with Gasteiger partial charge in [0, 0.05) is 35.4 Å². The van der Waals surface area contributed by atoms with Gasteiger partial charge in [-0.05, 0) is 42.7 Å². The smallest absolute Gasteiger partial charge is 0.294 e. The van der Waals surface area contributed by atoms with Crippen molar-refractivity contribution in [2.24, 2.45) is 5.92 Å². The van der Waals surface area contributed by atoms with Crippen LogP contribution in [-0.4, -0.2) is 48.4 Å². The average Bonchev–Trinajstić information content (AvgIpc) is 3.04. The van der Waals surface area contributed by atoms with E-state index in [1.165, 1.54) is 4.90 Å². The summed E-state index contributed by atoms with van der Waals surface area (Å²) >= 11 is 1.58. The van der Waals surface area contributed by atoms with Gasteiger partial charge in [-0.1, -0.05) is 13.8 Å². The van der Waals surface area contributed by atoms with Crippen molar-refractivity contribution in [1.29, 1.82) is 0 Å². The lowest BCUT2D eigenvalue weighted by atomic mass is 9.91. The van der Waals surface area contributed by atoms with E-state index in [2.05, 4.69) is 4.98 Å². The van der Waals surface area contributed by atoms with Crippen LogP contribution in [0.25, 0.3) is 0 Å². The van der Waals surface area contributed by atoms with Gasteiger partial charge >= 0.3 is 0 Å². The number of rotatable bonds is 9. The van der Waals surface area contributed by atoms with Gasteiger partial charge in [-0.3, -0.25) is 14.5 Å². The van der Waals surface area contributed by atoms with E-state index in [4.69, 9.17) is 9.47 Å². The van der Waals surface area contributed by atoms with Crippen LogP contribution in [0.2, 0.25) is 0 Å². The van der Waals surface area contributed by atoms with Crippen molar-refractivity contribution < 1.29 is 24.2 Å². The van der Waals surface area contributed by atoms with Gasteiger partial charge in [0.05, 0.1) is 12.2 Å². The van der Waals surface area contributed by atoms with Crippen molar-refractivity contribution >= 4 is 29.1 Å². The molecule has 0 fully saturated rings. The second kappa shape index (κ2) is 9.98. The third kappa shape index (κ3) is 4.60. The summed E-state index contributed by atoms with van der Waals surface area (Å²) in [6, 6.07) is 10.00. The molecule has 0 bridgehead atoms. The number of hydrogen-bond donors (Lipinski definition) is 1. The molecule has 2 aromatic rings. The summed E-state index contributed by atoms with van der Waals surface area (Å²) in [7, 11) is 1.57. The molecule has 1 N–H and O–H groups in total. The molecule has 0 saturated carbocycles. The molecule has 1 aliphatic heterocycles. The number of carbonyl (C=O) groups excluding carboxylic acids is 2. The van der Waals surface area contributed by atoms with Gasteiger partial charge in [-0.25, -0.2) is 4.98 Å². The van der Waals surface area contributed by atoms with E-state index >= 15 is 0 Å². The Hall–Kier alpha value is -2.84. The zero-order valence-corrected chi connectivity index (χ0v) is 18.8. The molecule has 2 heterocycles.